The zero-order valence-corrected chi connectivity index (χ0v) is 10.8. The summed E-state index contributed by atoms with van der Waals surface area (Å²) < 4.78 is 37.9. The summed E-state index contributed by atoms with van der Waals surface area (Å²) in [7, 11) is 1.50. The van der Waals surface area contributed by atoms with Gasteiger partial charge in [0.25, 0.3) is 5.69 Å². The van der Waals surface area contributed by atoms with E-state index in [1.54, 1.807) is 0 Å². The summed E-state index contributed by atoms with van der Waals surface area (Å²) in [5.41, 5.74) is -1.67. The maximum absolute atomic E-state index is 13.7. The van der Waals surface area contributed by atoms with Gasteiger partial charge in [-0.05, 0) is 0 Å². The van der Waals surface area contributed by atoms with Crippen molar-refractivity contribution in [1.82, 2.24) is 0 Å². The summed E-state index contributed by atoms with van der Waals surface area (Å²) in [5, 5.41) is 13.1. The molecular weight excluding hydrogens is 274 g/mol. The third-order valence-electron chi connectivity index (χ3n) is 3.33. The van der Waals surface area contributed by atoms with Crippen LogP contribution in [0.15, 0.2) is 12.1 Å². The minimum atomic E-state index is -1.01. The van der Waals surface area contributed by atoms with E-state index in [0.29, 0.717) is 31.8 Å². The van der Waals surface area contributed by atoms with Gasteiger partial charge in [-0.25, -0.2) is 8.78 Å². The first kappa shape index (κ1) is 14.6. The molecule has 1 aromatic rings. The second-order valence-electron chi connectivity index (χ2n) is 4.58. The first-order chi connectivity index (χ1) is 9.47. The SMILES string of the molecule is COC1(CNc2c(F)cc([N+](=O)[O-])cc2F)CCOC1. The van der Waals surface area contributed by atoms with E-state index in [1.165, 1.54) is 7.11 Å². The number of halogens is 2. The Bertz CT molecular complexity index is 495. The Hall–Kier alpha value is -1.80. The predicted octanol–water partition coefficient (Wildman–Crippen LogP) is 2.09. The number of non-ortho nitro benzene ring substituents is 1. The minimum Gasteiger partial charge on any atom is -0.378 e. The number of methoxy groups -OCH3 is 1. The molecule has 1 aliphatic rings. The number of hydrogen-bond donors (Lipinski definition) is 1. The molecule has 0 amide bonds. The molecule has 2 rings (SSSR count). The van der Waals surface area contributed by atoms with Gasteiger partial charge in [-0.3, -0.25) is 10.1 Å². The summed E-state index contributed by atoms with van der Waals surface area (Å²) in [6.45, 7) is 0.989. The van der Waals surface area contributed by atoms with Crippen molar-refractivity contribution in [3.8, 4) is 0 Å². The lowest BCUT2D eigenvalue weighted by Crippen LogP contribution is -2.39. The third-order valence-corrected chi connectivity index (χ3v) is 3.33. The molecule has 1 N–H and O–H groups in total. The average molecular weight is 288 g/mol. The number of ether oxygens (including phenoxy) is 2. The normalized spacial score (nSPS) is 21.9. The maximum Gasteiger partial charge on any atom is 0.275 e. The monoisotopic (exact) mass is 288 g/mol. The smallest absolute Gasteiger partial charge is 0.275 e. The van der Waals surface area contributed by atoms with E-state index < -0.39 is 33.5 Å². The van der Waals surface area contributed by atoms with E-state index in [4.69, 9.17) is 9.47 Å². The van der Waals surface area contributed by atoms with Crippen LogP contribution in [0, 0.1) is 21.7 Å². The molecule has 20 heavy (non-hydrogen) atoms. The number of nitrogens with one attached hydrogen (secondary N) is 1. The van der Waals surface area contributed by atoms with E-state index in [2.05, 4.69) is 5.32 Å². The standard InChI is InChI=1S/C12H14F2N2O4/c1-19-12(2-3-20-7-12)6-15-11-9(13)4-8(16(17)18)5-10(11)14/h4-5,15H,2-3,6-7H2,1H3. The summed E-state index contributed by atoms with van der Waals surface area (Å²) in [6.07, 6.45) is 0.604. The topological polar surface area (TPSA) is 73.6 Å². The van der Waals surface area contributed by atoms with Crippen molar-refractivity contribution in [2.24, 2.45) is 0 Å². The molecule has 0 aliphatic carbocycles. The van der Waals surface area contributed by atoms with E-state index in [1.807, 2.05) is 0 Å². The number of hydrogen-bond acceptors (Lipinski definition) is 5. The highest BCUT2D eigenvalue weighted by Crippen LogP contribution is 2.27. The van der Waals surface area contributed by atoms with Gasteiger partial charge in [-0.1, -0.05) is 0 Å². The molecule has 1 aromatic carbocycles. The molecule has 0 bridgehead atoms. The van der Waals surface area contributed by atoms with Gasteiger partial charge in [0.1, 0.15) is 11.3 Å². The lowest BCUT2D eigenvalue weighted by atomic mass is 10.0. The van der Waals surface area contributed by atoms with Crippen LogP contribution in [0.1, 0.15) is 6.42 Å². The zero-order chi connectivity index (χ0) is 14.8. The molecule has 0 spiro atoms. The fourth-order valence-corrected chi connectivity index (χ4v) is 2.04. The number of rotatable bonds is 5. The van der Waals surface area contributed by atoms with Crippen molar-refractivity contribution in [2.75, 3.05) is 32.2 Å². The van der Waals surface area contributed by atoms with Crippen LogP contribution in [0.25, 0.3) is 0 Å². The van der Waals surface area contributed by atoms with E-state index in [-0.39, 0.29) is 6.54 Å². The Morgan fingerprint density at radius 2 is 2.15 bits per heavy atom. The lowest BCUT2D eigenvalue weighted by molar-refractivity contribution is -0.385. The van der Waals surface area contributed by atoms with Crippen LogP contribution in [0.3, 0.4) is 0 Å². The number of nitrogens with zero attached hydrogens (tertiary/aromatic N) is 1. The first-order valence-electron chi connectivity index (χ1n) is 5.98. The molecule has 8 heteroatoms. The lowest BCUT2D eigenvalue weighted by Gasteiger charge is -2.26. The highest BCUT2D eigenvalue weighted by atomic mass is 19.1. The van der Waals surface area contributed by atoms with Gasteiger partial charge < -0.3 is 14.8 Å². The summed E-state index contributed by atoms with van der Waals surface area (Å²) in [6, 6.07) is 1.35. The summed E-state index contributed by atoms with van der Waals surface area (Å²) in [5.74, 6) is -2.02. The van der Waals surface area contributed by atoms with E-state index in [9.17, 15) is 18.9 Å². The van der Waals surface area contributed by atoms with Crippen LogP contribution in [-0.2, 0) is 9.47 Å². The highest BCUT2D eigenvalue weighted by Gasteiger charge is 2.35. The minimum absolute atomic E-state index is 0.148. The average Bonchev–Trinajstić information content (AvgIpc) is 2.87. The molecule has 1 aliphatic heterocycles. The van der Waals surface area contributed by atoms with Gasteiger partial charge in [-0.2, -0.15) is 0 Å². The Kier molecular flexibility index (Phi) is 4.15. The molecule has 110 valence electrons. The first-order valence-corrected chi connectivity index (χ1v) is 5.98. The molecule has 1 atom stereocenters. The predicted molar refractivity (Wildman–Crippen MR) is 66.7 cm³/mol. The zero-order valence-electron chi connectivity index (χ0n) is 10.8. The van der Waals surface area contributed by atoms with Gasteiger partial charge in [0.2, 0.25) is 0 Å². The number of nitro benzene ring substituents is 1. The van der Waals surface area contributed by atoms with Crippen molar-refractivity contribution >= 4 is 11.4 Å². The molecule has 0 radical (unpaired) electrons. The van der Waals surface area contributed by atoms with Crippen molar-refractivity contribution in [2.45, 2.75) is 12.0 Å². The van der Waals surface area contributed by atoms with Crippen LogP contribution >= 0.6 is 0 Å². The molecule has 1 unspecified atom stereocenters. The van der Waals surface area contributed by atoms with Gasteiger partial charge in [0.05, 0.1) is 23.7 Å². The number of anilines is 1. The fraction of sp³-hybridized carbons (Fsp3) is 0.500. The molecule has 1 heterocycles. The molecular formula is C12H14F2N2O4. The van der Waals surface area contributed by atoms with Gasteiger partial charge in [0, 0.05) is 26.7 Å². The second kappa shape index (κ2) is 5.68. The fourth-order valence-electron chi connectivity index (χ4n) is 2.04. The largest absolute Gasteiger partial charge is 0.378 e. The molecule has 0 aromatic heterocycles. The van der Waals surface area contributed by atoms with Gasteiger partial charge in [-0.15, -0.1) is 0 Å². The van der Waals surface area contributed by atoms with Crippen molar-refractivity contribution in [1.29, 1.82) is 0 Å². The molecule has 1 fully saturated rings. The van der Waals surface area contributed by atoms with Gasteiger partial charge >= 0.3 is 0 Å². The summed E-state index contributed by atoms with van der Waals surface area (Å²) in [4.78, 5) is 9.65. The third kappa shape index (κ3) is 2.86. The van der Waals surface area contributed by atoms with Gasteiger partial charge in [0.15, 0.2) is 11.6 Å². The van der Waals surface area contributed by atoms with E-state index in [0.717, 1.165) is 0 Å². The van der Waals surface area contributed by atoms with Crippen molar-refractivity contribution < 1.29 is 23.2 Å². The number of nitro groups is 1. The Balaban J connectivity index is 2.15. The second-order valence-corrected chi connectivity index (χ2v) is 4.58. The highest BCUT2D eigenvalue weighted by molar-refractivity contribution is 5.51. The maximum atomic E-state index is 13.7. The van der Waals surface area contributed by atoms with Crippen LogP contribution in [0.2, 0.25) is 0 Å². The Morgan fingerprint density at radius 1 is 1.50 bits per heavy atom. The van der Waals surface area contributed by atoms with Crippen LogP contribution in [0.4, 0.5) is 20.2 Å². The van der Waals surface area contributed by atoms with Crippen LogP contribution < -0.4 is 5.32 Å². The Morgan fingerprint density at radius 3 is 2.60 bits per heavy atom. The quantitative estimate of drug-likeness (QED) is 0.663. The van der Waals surface area contributed by atoms with Crippen LogP contribution in [-0.4, -0.2) is 37.4 Å². The van der Waals surface area contributed by atoms with Crippen molar-refractivity contribution in [3.63, 3.8) is 0 Å². The molecule has 1 saturated heterocycles. The number of benzene rings is 1. The molecule has 0 saturated carbocycles. The van der Waals surface area contributed by atoms with Crippen molar-refractivity contribution in [3.05, 3.63) is 33.9 Å². The Labute approximate surface area is 113 Å². The molecule has 6 nitrogen and oxygen atoms in total. The summed E-state index contributed by atoms with van der Waals surface area (Å²) >= 11 is 0. The van der Waals surface area contributed by atoms with E-state index >= 15 is 0 Å². The van der Waals surface area contributed by atoms with Crippen LogP contribution in [0.5, 0.6) is 0 Å².